The van der Waals surface area contributed by atoms with Gasteiger partial charge in [-0.1, -0.05) is 6.92 Å². The van der Waals surface area contributed by atoms with Crippen molar-refractivity contribution in [1.29, 1.82) is 0 Å². The lowest BCUT2D eigenvalue weighted by Gasteiger charge is -2.35. The van der Waals surface area contributed by atoms with Gasteiger partial charge in [-0.3, -0.25) is 0 Å². The van der Waals surface area contributed by atoms with Gasteiger partial charge in [0.05, 0.1) is 15.5 Å². The van der Waals surface area contributed by atoms with Gasteiger partial charge in [0.15, 0.2) is 21.5 Å². The minimum Gasteiger partial charge on any atom is -0.369 e. The molecule has 1 fully saturated rings. The standard InChI is InChI=1S/C18H20F2N2O4S2/c1-2-27(23,24)15-5-3-14(4-6-15)21-9-11-22(12-10-21)28(25,26)16-7-8-17(19)18(20)13-16/h3-8,13H,2,9-12H2,1H3. The number of sulfonamides is 1. The molecule has 0 atom stereocenters. The third-order valence-electron chi connectivity index (χ3n) is 4.71. The molecule has 0 radical (unpaired) electrons. The van der Waals surface area contributed by atoms with Crippen molar-refractivity contribution in [2.24, 2.45) is 0 Å². The quantitative estimate of drug-likeness (QED) is 0.728. The summed E-state index contributed by atoms with van der Waals surface area (Å²) in [6.45, 7) is 2.72. The van der Waals surface area contributed by atoms with Crippen molar-refractivity contribution in [3.63, 3.8) is 0 Å². The molecular weight excluding hydrogens is 410 g/mol. The first-order valence-corrected chi connectivity index (χ1v) is 11.8. The van der Waals surface area contributed by atoms with Crippen LogP contribution < -0.4 is 4.90 Å². The summed E-state index contributed by atoms with van der Waals surface area (Å²) in [5.74, 6) is -2.29. The Balaban J connectivity index is 1.71. The molecule has 0 aromatic heterocycles. The zero-order chi connectivity index (χ0) is 20.5. The molecular formula is C18H20F2N2O4S2. The van der Waals surface area contributed by atoms with Crippen molar-refractivity contribution in [3.05, 3.63) is 54.1 Å². The molecule has 6 nitrogen and oxygen atoms in total. The SMILES string of the molecule is CCS(=O)(=O)c1ccc(N2CCN(S(=O)(=O)c3ccc(F)c(F)c3)CC2)cc1. The van der Waals surface area contributed by atoms with Crippen LogP contribution in [0.3, 0.4) is 0 Å². The van der Waals surface area contributed by atoms with E-state index in [0.717, 1.165) is 17.8 Å². The van der Waals surface area contributed by atoms with Gasteiger partial charge in [-0.05, 0) is 42.5 Å². The first-order valence-electron chi connectivity index (χ1n) is 8.68. The highest BCUT2D eigenvalue weighted by atomic mass is 32.2. The third kappa shape index (κ3) is 4.03. The Labute approximate surface area is 163 Å². The predicted octanol–water partition coefficient (Wildman–Crippen LogP) is 2.27. The maximum atomic E-state index is 13.4. The molecule has 1 saturated heterocycles. The highest BCUT2D eigenvalue weighted by Gasteiger charge is 2.29. The van der Waals surface area contributed by atoms with Crippen LogP contribution in [0.2, 0.25) is 0 Å². The minimum atomic E-state index is -3.92. The van der Waals surface area contributed by atoms with Crippen LogP contribution in [-0.4, -0.2) is 53.1 Å². The number of rotatable bonds is 5. The fourth-order valence-electron chi connectivity index (χ4n) is 3.00. The van der Waals surface area contributed by atoms with Crippen molar-refractivity contribution in [3.8, 4) is 0 Å². The van der Waals surface area contributed by atoms with E-state index in [9.17, 15) is 25.6 Å². The van der Waals surface area contributed by atoms with E-state index in [0.29, 0.717) is 19.2 Å². The number of anilines is 1. The van der Waals surface area contributed by atoms with Gasteiger partial charge in [-0.2, -0.15) is 4.31 Å². The summed E-state index contributed by atoms with van der Waals surface area (Å²) in [4.78, 5) is 1.91. The first kappa shape index (κ1) is 20.7. The number of piperazine rings is 1. The molecule has 1 aliphatic heterocycles. The van der Waals surface area contributed by atoms with Gasteiger partial charge in [0.2, 0.25) is 10.0 Å². The summed E-state index contributed by atoms with van der Waals surface area (Å²) in [5, 5.41) is 0. The number of nitrogens with zero attached hydrogens (tertiary/aromatic N) is 2. The summed E-state index contributed by atoms with van der Waals surface area (Å²) in [7, 11) is -7.19. The van der Waals surface area contributed by atoms with Gasteiger partial charge >= 0.3 is 0 Å². The Morgan fingerprint density at radius 3 is 1.93 bits per heavy atom. The van der Waals surface area contributed by atoms with Gasteiger partial charge in [0, 0.05) is 31.9 Å². The van der Waals surface area contributed by atoms with Crippen molar-refractivity contribution in [2.75, 3.05) is 36.8 Å². The summed E-state index contributed by atoms with van der Waals surface area (Å²) in [6, 6.07) is 9.00. The monoisotopic (exact) mass is 430 g/mol. The molecule has 0 unspecified atom stereocenters. The Morgan fingerprint density at radius 1 is 0.821 bits per heavy atom. The average Bonchev–Trinajstić information content (AvgIpc) is 2.70. The van der Waals surface area contributed by atoms with Crippen LogP contribution in [0.4, 0.5) is 14.5 Å². The maximum Gasteiger partial charge on any atom is 0.243 e. The minimum absolute atomic E-state index is 0.0207. The lowest BCUT2D eigenvalue weighted by atomic mass is 10.2. The van der Waals surface area contributed by atoms with E-state index in [1.54, 1.807) is 31.2 Å². The molecule has 0 N–H and O–H groups in total. The Kier molecular flexibility index (Phi) is 5.74. The van der Waals surface area contributed by atoms with Crippen LogP contribution in [0, 0.1) is 11.6 Å². The van der Waals surface area contributed by atoms with Crippen molar-refractivity contribution in [2.45, 2.75) is 16.7 Å². The van der Waals surface area contributed by atoms with Crippen LogP contribution in [0.1, 0.15) is 6.92 Å². The fourth-order valence-corrected chi connectivity index (χ4v) is 5.32. The van der Waals surface area contributed by atoms with E-state index in [1.807, 2.05) is 4.90 Å². The molecule has 0 saturated carbocycles. The van der Waals surface area contributed by atoms with Gasteiger partial charge in [-0.15, -0.1) is 0 Å². The zero-order valence-corrected chi connectivity index (χ0v) is 16.8. The summed E-state index contributed by atoms with van der Waals surface area (Å²) in [5.41, 5.74) is 0.792. The predicted molar refractivity (Wildman–Crippen MR) is 101 cm³/mol. The second-order valence-electron chi connectivity index (χ2n) is 6.36. The van der Waals surface area contributed by atoms with Crippen molar-refractivity contribution in [1.82, 2.24) is 4.31 Å². The van der Waals surface area contributed by atoms with Crippen LogP contribution in [0.15, 0.2) is 52.3 Å². The Hall–Kier alpha value is -2.04. The molecule has 1 aliphatic rings. The second kappa shape index (κ2) is 7.76. The molecule has 28 heavy (non-hydrogen) atoms. The Morgan fingerprint density at radius 2 is 1.39 bits per heavy atom. The van der Waals surface area contributed by atoms with Crippen LogP contribution >= 0.6 is 0 Å². The second-order valence-corrected chi connectivity index (χ2v) is 10.6. The van der Waals surface area contributed by atoms with Gasteiger partial charge in [-0.25, -0.2) is 25.6 Å². The van der Waals surface area contributed by atoms with E-state index in [-0.39, 0.29) is 28.6 Å². The van der Waals surface area contributed by atoms with Gasteiger partial charge in [0.25, 0.3) is 0 Å². The van der Waals surface area contributed by atoms with E-state index < -0.39 is 31.5 Å². The number of hydrogen-bond donors (Lipinski definition) is 0. The fraction of sp³-hybridized carbons (Fsp3) is 0.333. The molecule has 0 amide bonds. The zero-order valence-electron chi connectivity index (χ0n) is 15.2. The molecule has 152 valence electrons. The highest BCUT2D eigenvalue weighted by Crippen LogP contribution is 2.23. The molecule has 0 bridgehead atoms. The van der Waals surface area contributed by atoms with Crippen molar-refractivity contribution >= 4 is 25.5 Å². The first-order chi connectivity index (χ1) is 13.1. The van der Waals surface area contributed by atoms with E-state index in [1.165, 1.54) is 4.31 Å². The number of halogens is 2. The number of sulfone groups is 1. The molecule has 0 spiro atoms. The Bertz CT molecular complexity index is 1060. The van der Waals surface area contributed by atoms with E-state index >= 15 is 0 Å². The van der Waals surface area contributed by atoms with Crippen LogP contribution in [0.5, 0.6) is 0 Å². The summed E-state index contributed by atoms with van der Waals surface area (Å²) in [6.07, 6.45) is 0. The van der Waals surface area contributed by atoms with E-state index in [2.05, 4.69) is 0 Å². The average molecular weight is 430 g/mol. The molecule has 2 aromatic rings. The third-order valence-corrected chi connectivity index (χ3v) is 8.35. The molecule has 0 aliphatic carbocycles. The number of benzene rings is 2. The lowest BCUT2D eigenvalue weighted by molar-refractivity contribution is 0.384. The highest BCUT2D eigenvalue weighted by molar-refractivity contribution is 7.91. The number of hydrogen-bond acceptors (Lipinski definition) is 5. The topological polar surface area (TPSA) is 74.8 Å². The normalized spacial score (nSPS) is 16.3. The smallest absolute Gasteiger partial charge is 0.243 e. The van der Waals surface area contributed by atoms with Crippen LogP contribution in [0.25, 0.3) is 0 Å². The largest absolute Gasteiger partial charge is 0.369 e. The maximum absolute atomic E-state index is 13.4. The molecule has 1 heterocycles. The van der Waals surface area contributed by atoms with Crippen LogP contribution in [-0.2, 0) is 19.9 Å². The summed E-state index contributed by atoms with van der Waals surface area (Å²) < 4.78 is 76.7. The molecule has 10 heteroatoms. The van der Waals surface area contributed by atoms with Crippen molar-refractivity contribution < 1.29 is 25.6 Å². The lowest BCUT2D eigenvalue weighted by Crippen LogP contribution is -2.48. The van der Waals surface area contributed by atoms with E-state index in [4.69, 9.17) is 0 Å². The molecule has 2 aromatic carbocycles. The summed E-state index contributed by atoms with van der Waals surface area (Å²) >= 11 is 0. The van der Waals surface area contributed by atoms with Gasteiger partial charge < -0.3 is 4.90 Å². The molecule has 3 rings (SSSR count). The van der Waals surface area contributed by atoms with Gasteiger partial charge in [0.1, 0.15) is 0 Å².